The first-order valence-electron chi connectivity index (χ1n) is 5.34. The highest BCUT2D eigenvalue weighted by molar-refractivity contribution is 5.68. The van der Waals surface area contributed by atoms with Crippen molar-refractivity contribution in [1.82, 2.24) is 4.98 Å². The number of fused-ring (bicyclic) bond motifs is 1. The Morgan fingerprint density at radius 1 is 0.562 bits per heavy atom. The summed E-state index contributed by atoms with van der Waals surface area (Å²) in [5.74, 6) is 0. The van der Waals surface area contributed by atoms with E-state index in [0.29, 0.717) is 0 Å². The second-order valence-electron chi connectivity index (χ2n) is 3.78. The zero-order valence-corrected chi connectivity index (χ0v) is 8.80. The maximum absolute atomic E-state index is 4.51. The predicted molar refractivity (Wildman–Crippen MR) is 66.3 cm³/mol. The van der Waals surface area contributed by atoms with Gasteiger partial charge in [0, 0.05) is 11.8 Å². The molecule has 1 aliphatic heterocycles. The van der Waals surface area contributed by atoms with Crippen molar-refractivity contribution in [2.75, 3.05) is 0 Å². The Labute approximate surface area is 94.7 Å². The van der Waals surface area contributed by atoms with Gasteiger partial charge in [0.2, 0.25) is 0 Å². The molecule has 0 saturated carbocycles. The van der Waals surface area contributed by atoms with Crippen molar-refractivity contribution < 1.29 is 0 Å². The topological polar surface area (TPSA) is 12.9 Å². The average molecular weight is 205 g/mol. The maximum Gasteiger partial charge on any atom is 0.0702 e. The molecular formula is C15H11N. The van der Waals surface area contributed by atoms with Crippen molar-refractivity contribution in [3.05, 3.63) is 66.9 Å². The molecule has 1 nitrogen and oxygen atoms in total. The number of aromatic nitrogens is 1. The molecule has 2 aliphatic rings. The highest BCUT2D eigenvalue weighted by atomic mass is 14.7. The molecule has 0 aromatic heterocycles. The zero-order chi connectivity index (χ0) is 10.8. The summed E-state index contributed by atoms with van der Waals surface area (Å²) >= 11 is 0. The monoisotopic (exact) mass is 205 g/mol. The van der Waals surface area contributed by atoms with Crippen LogP contribution in [0.3, 0.4) is 0 Å². The predicted octanol–water partition coefficient (Wildman–Crippen LogP) is 3.85. The molecule has 0 fully saturated rings. The second-order valence-corrected chi connectivity index (χ2v) is 3.78. The van der Waals surface area contributed by atoms with E-state index in [1.165, 1.54) is 11.1 Å². The molecule has 0 amide bonds. The third-order valence-electron chi connectivity index (χ3n) is 2.72. The van der Waals surface area contributed by atoms with Gasteiger partial charge in [-0.2, -0.15) is 0 Å². The molecule has 16 heavy (non-hydrogen) atoms. The van der Waals surface area contributed by atoms with Crippen molar-refractivity contribution in [2.24, 2.45) is 0 Å². The number of rotatable bonds is 1. The molecule has 0 saturated heterocycles. The Hall–Kier alpha value is -2.15. The van der Waals surface area contributed by atoms with Crippen molar-refractivity contribution >= 4 is 0 Å². The Kier molecular flexibility index (Phi) is 2.15. The van der Waals surface area contributed by atoms with E-state index >= 15 is 0 Å². The molecule has 1 heterocycles. The number of nitrogens with zero attached hydrogens (tertiary/aromatic N) is 1. The Balaban J connectivity index is 2.16. The summed E-state index contributed by atoms with van der Waals surface area (Å²) in [6.07, 6.45) is 1.93. The average Bonchev–Trinajstić information content (AvgIpc) is 2.70. The summed E-state index contributed by atoms with van der Waals surface area (Å²) in [5.41, 5.74) is 4.58. The highest BCUT2D eigenvalue weighted by Crippen LogP contribution is 2.23. The minimum Gasteiger partial charge on any atom is -0.256 e. The fourth-order valence-electron chi connectivity index (χ4n) is 1.85. The quantitative estimate of drug-likeness (QED) is 0.588. The summed E-state index contributed by atoms with van der Waals surface area (Å²) in [4.78, 5) is 4.51. The van der Waals surface area contributed by atoms with Crippen LogP contribution in [0.2, 0.25) is 0 Å². The van der Waals surface area contributed by atoms with Gasteiger partial charge in [0.1, 0.15) is 0 Å². The van der Waals surface area contributed by atoms with Crippen LogP contribution < -0.4 is 0 Å². The Morgan fingerprint density at radius 3 is 2.19 bits per heavy atom. The van der Waals surface area contributed by atoms with Gasteiger partial charge in [-0.1, -0.05) is 54.6 Å². The minimum atomic E-state index is 1.01. The molecule has 76 valence electrons. The Morgan fingerprint density at radius 2 is 1.31 bits per heavy atom. The van der Waals surface area contributed by atoms with Crippen molar-refractivity contribution in [2.45, 2.75) is 0 Å². The van der Waals surface area contributed by atoms with E-state index in [2.05, 4.69) is 47.4 Å². The van der Waals surface area contributed by atoms with Crippen LogP contribution in [0.4, 0.5) is 0 Å². The van der Waals surface area contributed by atoms with Crippen LogP contribution in [0, 0.1) is 0 Å². The molecule has 1 aromatic rings. The van der Waals surface area contributed by atoms with Gasteiger partial charge in [0.15, 0.2) is 0 Å². The van der Waals surface area contributed by atoms with Crippen LogP contribution in [0.15, 0.2) is 66.9 Å². The van der Waals surface area contributed by atoms with Crippen molar-refractivity contribution in [3.8, 4) is 22.4 Å². The summed E-state index contributed by atoms with van der Waals surface area (Å²) in [5, 5.41) is 0. The van der Waals surface area contributed by atoms with Gasteiger partial charge in [0.25, 0.3) is 0 Å². The normalized spacial score (nSPS) is 10.5. The van der Waals surface area contributed by atoms with Crippen LogP contribution in [0.25, 0.3) is 22.4 Å². The molecule has 1 heteroatoms. The minimum absolute atomic E-state index is 1.01. The smallest absolute Gasteiger partial charge is 0.0702 e. The zero-order valence-electron chi connectivity index (χ0n) is 8.80. The van der Waals surface area contributed by atoms with Crippen molar-refractivity contribution in [3.63, 3.8) is 0 Å². The molecule has 0 atom stereocenters. The maximum atomic E-state index is 4.51. The van der Waals surface area contributed by atoms with Gasteiger partial charge in [0.05, 0.1) is 5.69 Å². The molecule has 1 aliphatic carbocycles. The summed E-state index contributed by atoms with van der Waals surface area (Å²) in [6.45, 7) is 0. The number of hydrogen-bond donors (Lipinski definition) is 0. The lowest BCUT2D eigenvalue weighted by molar-refractivity contribution is 1.36. The standard InChI is InChI=1S/C15H11N/c1-2-5-13(6-3-1)15-10-9-12-7-4-8-14(12)11-16-15/h1-11H. The molecule has 0 bridgehead atoms. The summed E-state index contributed by atoms with van der Waals surface area (Å²) < 4.78 is 0. The van der Waals surface area contributed by atoms with Crippen molar-refractivity contribution in [1.29, 1.82) is 0 Å². The summed E-state index contributed by atoms with van der Waals surface area (Å²) in [7, 11) is 0. The Bertz CT molecular complexity index is 541. The fourth-order valence-corrected chi connectivity index (χ4v) is 1.85. The number of hydrogen-bond acceptors (Lipinski definition) is 1. The van der Waals surface area contributed by atoms with E-state index in [4.69, 9.17) is 0 Å². The van der Waals surface area contributed by atoms with Crippen LogP contribution in [0.5, 0.6) is 0 Å². The van der Waals surface area contributed by atoms with Gasteiger partial charge in [-0.25, -0.2) is 0 Å². The van der Waals surface area contributed by atoms with Crippen LogP contribution >= 0.6 is 0 Å². The lowest BCUT2D eigenvalue weighted by atomic mass is 10.1. The van der Waals surface area contributed by atoms with E-state index in [0.717, 1.165) is 11.3 Å². The molecular weight excluding hydrogens is 194 g/mol. The van der Waals surface area contributed by atoms with Gasteiger partial charge in [-0.3, -0.25) is 4.98 Å². The first-order chi connectivity index (χ1) is 7.93. The van der Waals surface area contributed by atoms with Crippen LogP contribution in [-0.2, 0) is 0 Å². The lowest BCUT2D eigenvalue weighted by Crippen LogP contribution is -1.76. The first-order valence-corrected chi connectivity index (χ1v) is 5.34. The first kappa shape index (κ1) is 9.10. The van der Waals surface area contributed by atoms with Crippen LogP contribution in [-0.4, -0.2) is 4.98 Å². The van der Waals surface area contributed by atoms with Gasteiger partial charge in [-0.15, -0.1) is 0 Å². The molecule has 3 rings (SSSR count). The largest absolute Gasteiger partial charge is 0.256 e. The van der Waals surface area contributed by atoms with E-state index < -0.39 is 0 Å². The van der Waals surface area contributed by atoms with Gasteiger partial charge >= 0.3 is 0 Å². The number of benzene rings is 1. The molecule has 0 radical (unpaired) electrons. The van der Waals surface area contributed by atoms with E-state index in [1.807, 2.05) is 24.4 Å². The molecule has 0 spiro atoms. The van der Waals surface area contributed by atoms with Crippen LogP contribution in [0.1, 0.15) is 0 Å². The van der Waals surface area contributed by atoms with Gasteiger partial charge in [-0.05, 0) is 17.2 Å². The third-order valence-corrected chi connectivity index (χ3v) is 2.72. The SMILES string of the molecule is c1ccc(-c2ccc3cccc-3cn2)cc1. The van der Waals surface area contributed by atoms with E-state index in [-0.39, 0.29) is 0 Å². The lowest BCUT2D eigenvalue weighted by Gasteiger charge is -1.95. The summed E-state index contributed by atoms with van der Waals surface area (Å²) in [6, 6.07) is 20.6. The van der Waals surface area contributed by atoms with Gasteiger partial charge < -0.3 is 0 Å². The van der Waals surface area contributed by atoms with E-state index in [9.17, 15) is 0 Å². The third kappa shape index (κ3) is 1.57. The highest BCUT2D eigenvalue weighted by Gasteiger charge is 2.01. The molecule has 0 N–H and O–H groups in total. The molecule has 0 unspecified atom stereocenters. The molecule has 1 aromatic carbocycles. The van der Waals surface area contributed by atoms with E-state index in [1.54, 1.807) is 0 Å². The second kappa shape index (κ2) is 3.78. The fraction of sp³-hybridized carbons (Fsp3) is 0.